The highest BCUT2D eigenvalue weighted by Gasteiger charge is 2.15. The van der Waals surface area contributed by atoms with Gasteiger partial charge in [0.25, 0.3) is 0 Å². The van der Waals surface area contributed by atoms with Crippen molar-refractivity contribution in [3.05, 3.63) is 18.2 Å². The van der Waals surface area contributed by atoms with Crippen LogP contribution in [0.1, 0.15) is 13.8 Å². The molecule has 0 amide bonds. The molecule has 0 saturated carbocycles. The summed E-state index contributed by atoms with van der Waals surface area (Å²) < 4.78 is 5.23. The number of benzene rings is 1. The minimum Gasteiger partial charge on any atom is -0.497 e. The Hall–Kier alpha value is -1.42. The summed E-state index contributed by atoms with van der Waals surface area (Å²) in [5.74, 6) is 1.34. The fourth-order valence-corrected chi connectivity index (χ4v) is 1.80. The van der Waals surface area contributed by atoms with Gasteiger partial charge < -0.3 is 20.7 Å². The zero-order chi connectivity index (χ0) is 13.7. The fourth-order valence-electron chi connectivity index (χ4n) is 1.80. The second-order valence-corrected chi connectivity index (χ2v) is 5.21. The molecule has 0 spiro atoms. The molecule has 1 unspecified atom stereocenters. The van der Waals surface area contributed by atoms with Gasteiger partial charge in [0.1, 0.15) is 5.75 Å². The molecule has 1 aromatic rings. The molecule has 0 saturated heterocycles. The molecule has 0 bridgehead atoms. The Morgan fingerprint density at radius 1 is 1.33 bits per heavy atom. The number of ether oxygens (including phenoxy) is 1. The molecule has 4 heteroatoms. The van der Waals surface area contributed by atoms with Gasteiger partial charge in [0.15, 0.2) is 0 Å². The number of rotatable bonds is 6. The van der Waals surface area contributed by atoms with Gasteiger partial charge >= 0.3 is 0 Å². The average Bonchev–Trinajstić information content (AvgIpc) is 2.30. The Bertz CT molecular complexity index is 377. The maximum absolute atomic E-state index is 5.99. The van der Waals surface area contributed by atoms with Crippen LogP contribution in [0.3, 0.4) is 0 Å². The normalized spacial score (nSPS) is 12.8. The van der Waals surface area contributed by atoms with E-state index in [1.807, 2.05) is 18.2 Å². The number of likely N-dealkylation sites (N-methyl/N-ethyl adjacent to an activating group) is 1. The SMILES string of the molecule is COc1ccc(N)c(NC(CN(C)C)C(C)C)c1. The number of hydrogen-bond acceptors (Lipinski definition) is 4. The van der Waals surface area contributed by atoms with E-state index >= 15 is 0 Å². The number of methoxy groups -OCH3 is 1. The lowest BCUT2D eigenvalue weighted by Crippen LogP contribution is -2.36. The van der Waals surface area contributed by atoms with Crippen LogP contribution in [0.4, 0.5) is 11.4 Å². The van der Waals surface area contributed by atoms with Crippen LogP contribution in [0.2, 0.25) is 0 Å². The zero-order valence-corrected chi connectivity index (χ0v) is 12.0. The highest BCUT2D eigenvalue weighted by molar-refractivity contribution is 5.68. The summed E-state index contributed by atoms with van der Waals surface area (Å²) in [6, 6.07) is 6.04. The zero-order valence-electron chi connectivity index (χ0n) is 12.0. The van der Waals surface area contributed by atoms with Crippen molar-refractivity contribution in [1.82, 2.24) is 4.90 Å². The Balaban J connectivity index is 2.85. The lowest BCUT2D eigenvalue weighted by atomic mass is 10.0. The van der Waals surface area contributed by atoms with Crippen LogP contribution < -0.4 is 15.8 Å². The second kappa shape index (κ2) is 6.50. The summed E-state index contributed by atoms with van der Waals surface area (Å²) in [5, 5.41) is 3.51. The van der Waals surface area contributed by atoms with E-state index in [1.165, 1.54) is 0 Å². The van der Waals surface area contributed by atoms with Crippen LogP contribution in [0.15, 0.2) is 18.2 Å². The van der Waals surface area contributed by atoms with Gasteiger partial charge in [-0.1, -0.05) is 13.8 Å². The highest BCUT2D eigenvalue weighted by Crippen LogP contribution is 2.26. The summed E-state index contributed by atoms with van der Waals surface area (Å²) in [6.45, 7) is 5.38. The minimum absolute atomic E-state index is 0.356. The van der Waals surface area contributed by atoms with Crippen LogP contribution in [0.25, 0.3) is 0 Å². The number of anilines is 2. The van der Waals surface area contributed by atoms with E-state index in [1.54, 1.807) is 7.11 Å². The van der Waals surface area contributed by atoms with Crippen molar-refractivity contribution in [2.75, 3.05) is 38.8 Å². The third-order valence-corrected chi connectivity index (χ3v) is 2.97. The summed E-state index contributed by atoms with van der Waals surface area (Å²) in [5.41, 5.74) is 7.68. The van der Waals surface area contributed by atoms with Gasteiger partial charge in [-0.05, 0) is 32.1 Å². The van der Waals surface area contributed by atoms with E-state index in [0.717, 1.165) is 23.7 Å². The Kier molecular flexibility index (Phi) is 5.28. The first-order valence-electron chi connectivity index (χ1n) is 6.28. The van der Waals surface area contributed by atoms with E-state index in [2.05, 4.69) is 38.2 Å². The molecule has 0 aliphatic carbocycles. The predicted molar refractivity (Wildman–Crippen MR) is 78.2 cm³/mol. The summed E-state index contributed by atoms with van der Waals surface area (Å²) in [4.78, 5) is 2.17. The monoisotopic (exact) mass is 251 g/mol. The lowest BCUT2D eigenvalue weighted by molar-refractivity contribution is 0.344. The summed E-state index contributed by atoms with van der Waals surface area (Å²) in [7, 11) is 5.81. The molecule has 3 N–H and O–H groups in total. The molecular formula is C14H25N3O. The van der Waals surface area contributed by atoms with Gasteiger partial charge in [0, 0.05) is 18.7 Å². The van der Waals surface area contributed by atoms with E-state index in [9.17, 15) is 0 Å². The van der Waals surface area contributed by atoms with Gasteiger partial charge in [0.05, 0.1) is 18.5 Å². The molecule has 0 aliphatic rings. The van der Waals surface area contributed by atoms with E-state index in [0.29, 0.717) is 12.0 Å². The third kappa shape index (κ3) is 4.11. The van der Waals surface area contributed by atoms with Crippen molar-refractivity contribution in [2.45, 2.75) is 19.9 Å². The van der Waals surface area contributed by atoms with Crippen LogP contribution in [0, 0.1) is 5.92 Å². The third-order valence-electron chi connectivity index (χ3n) is 2.97. The topological polar surface area (TPSA) is 50.5 Å². The van der Waals surface area contributed by atoms with Gasteiger partial charge in [-0.25, -0.2) is 0 Å². The molecule has 0 heterocycles. The highest BCUT2D eigenvalue weighted by atomic mass is 16.5. The fraction of sp³-hybridized carbons (Fsp3) is 0.571. The molecule has 1 aromatic carbocycles. The molecular weight excluding hydrogens is 226 g/mol. The number of nitrogens with two attached hydrogens (primary N) is 1. The second-order valence-electron chi connectivity index (χ2n) is 5.21. The van der Waals surface area contributed by atoms with Crippen molar-refractivity contribution in [2.24, 2.45) is 5.92 Å². The van der Waals surface area contributed by atoms with Crippen molar-refractivity contribution >= 4 is 11.4 Å². The van der Waals surface area contributed by atoms with E-state index < -0.39 is 0 Å². The molecule has 4 nitrogen and oxygen atoms in total. The molecule has 1 atom stereocenters. The van der Waals surface area contributed by atoms with Crippen molar-refractivity contribution in [1.29, 1.82) is 0 Å². The Morgan fingerprint density at radius 2 is 2.00 bits per heavy atom. The van der Waals surface area contributed by atoms with Gasteiger partial charge in [-0.2, -0.15) is 0 Å². The quantitative estimate of drug-likeness (QED) is 0.762. The Morgan fingerprint density at radius 3 is 2.50 bits per heavy atom. The molecule has 0 fully saturated rings. The first-order chi connectivity index (χ1) is 8.43. The van der Waals surface area contributed by atoms with Gasteiger partial charge in [0.2, 0.25) is 0 Å². The Labute approximate surface area is 110 Å². The number of nitrogens with zero attached hydrogens (tertiary/aromatic N) is 1. The number of nitrogen functional groups attached to an aromatic ring is 1. The predicted octanol–water partition coefficient (Wildman–Crippen LogP) is 2.28. The number of nitrogens with one attached hydrogen (secondary N) is 1. The van der Waals surface area contributed by atoms with Crippen molar-refractivity contribution in [3.63, 3.8) is 0 Å². The average molecular weight is 251 g/mol. The van der Waals surface area contributed by atoms with Crippen LogP contribution in [0.5, 0.6) is 5.75 Å². The van der Waals surface area contributed by atoms with Crippen LogP contribution in [-0.4, -0.2) is 38.7 Å². The van der Waals surface area contributed by atoms with E-state index in [4.69, 9.17) is 10.5 Å². The molecule has 18 heavy (non-hydrogen) atoms. The van der Waals surface area contributed by atoms with Crippen LogP contribution in [-0.2, 0) is 0 Å². The summed E-state index contributed by atoms with van der Waals surface area (Å²) in [6.07, 6.45) is 0. The smallest absolute Gasteiger partial charge is 0.121 e. The first kappa shape index (κ1) is 14.6. The van der Waals surface area contributed by atoms with Crippen molar-refractivity contribution < 1.29 is 4.74 Å². The molecule has 0 aliphatic heterocycles. The van der Waals surface area contributed by atoms with Crippen LogP contribution >= 0.6 is 0 Å². The summed E-state index contributed by atoms with van der Waals surface area (Å²) >= 11 is 0. The van der Waals surface area contributed by atoms with Gasteiger partial charge in [-0.15, -0.1) is 0 Å². The van der Waals surface area contributed by atoms with E-state index in [-0.39, 0.29) is 0 Å². The molecule has 0 radical (unpaired) electrons. The standard InChI is InChI=1S/C14H25N3O/c1-10(2)14(9-17(3)4)16-13-8-11(18-5)6-7-12(13)15/h6-8,10,14,16H,9,15H2,1-5H3. The first-order valence-corrected chi connectivity index (χ1v) is 6.28. The number of hydrogen-bond donors (Lipinski definition) is 2. The molecule has 1 rings (SSSR count). The van der Waals surface area contributed by atoms with Crippen molar-refractivity contribution in [3.8, 4) is 5.75 Å². The minimum atomic E-state index is 0.356. The molecule has 0 aromatic heterocycles. The maximum atomic E-state index is 5.99. The van der Waals surface area contributed by atoms with Gasteiger partial charge in [-0.3, -0.25) is 0 Å². The largest absolute Gasteiger partial charge is 0.497 e. The maximum Gasteiger partial charge on any atom is 0.121 e. The molecule has 102 valence electrons. The lowest BCUT2D eigenvalue weighted by Gasteiger charge is -2.27.